The quantitative estimate of drug-likeness (QED) is 0.550. The van der Waals surface area contributed by atoms with Gasteiger partial charge in [-0.1, -0.05) is 0 Å². The fourth-order valence-electron chi connectivity index (χ4n) is 0.993. The molecular formula is C8H13BrF2O4. The van der Waals surface area contributed by atoms with Gasteiger partial charge in [0.15, 0.2) is 5.60 Å². The van der Waals surface area contributed by atoms with Gasteiger partial charge >= 0.3 is 10.8 Å². The third-order valence-corrected chi connectivity index (χ3v) is 1.79. The van der Waals surface area contributed by atoms with Crippen LogP contribution in [0.3, 0.4) is 0 Å². The van der Waals surface area contributed by atoms with Gasteiger partial charge in [-0.25, -0.2) is 4.79 Å². The van der Waals surface area contributed by atoms with Crippen LogP contribution in [0.1, 0.15) is 6.92 Å². The Morgan fingerprint density at radius 3 is 1.93 bits per heavy atom. The molecule has 15 heavy (non-hydrogen) atoms. The average molecular weight is 291 g/mol. The molecule has 0 aromatic heterocycles. The van der Waals surface area contributed by atoms with Crippen molar-refractivity contribution in [3.63, 3.8) is 0 Å². The van der Waals surface area contributed by atoms with Crippen molar-refractivity contribution in [3.05, 3.63) is 0 Å². The number of ether oxygens (including phenoxy) is 3. The normalized spacial score (nSPS) is 12.7. The first-order valence-electron chi connectivity index (χ1n) is 4.03. The molecule has 4 nitrogen and oxygen atoms in total. The molecule has 0 saturated carbocycles. The highest BCUT2D eigenvalue weighted by Crippen LogP contribution is 2.26. The predicted molar refractivity (Wildman–Crippen MR) is 52.1 cm³/mol. The zero-order chi connectivity index (χ0) is 12.1. The molecule has 7 heteroatoms. The molecule has 0 amide bonds. The standard InChI is InChI=1S/C8H13BrF2O4/c1-7(4-13-2,5-14-3)15-6(12)8(9,10)11/h4-5H2,1-3H3. The first-order chi connectivity index (χ1) is 6.75. The van der Waals surface area contributed by atoms with Crippen molar-refractivity contribution in [1.29, 1.82) is 0 Å². The van der Waals surface area contributed by atoms with Crippen LogP contribution in [-0.2, 0) is 19.0 Å². The van der Waals surface area contributed by atoms with Gasteiger partial charge in [0.1, 0.15) is 0 Å². The predicted octanol–water partition coefficient (Wildman–Crippen LogP) is 1.57. The van der Waals surface area contributed by atoms with E-state index in [1.54, 1.807) is 0 Å². The number of alkyl halides is 3. The van der Waals surface area contributed by atoms with Crippen LogP contribution >= 0.6 is 15.9 Å². The van der Waals surface area contributed by atoms with E-state index in [1.165, 1.54) is 21.1 Å². The molecule has 0 aromatic carbocycles. The van der Waals surface area contributed by atoms with E-state index in [4.69, 9.17) is 9.47 Å². The summed E-state index contributed by atoms with van der Waals surface area (Å²) in [6.45, 7) is 1.38. The fourth-order valence-corrected chi connectivity index (χ4v) is 1.07. The Labute approximate surface area is 95.0 Å². The summed E-state index contributed by atoms with van der Waals surface area (Å²) >= 11 is 1.91. The Bertz CT molecular complexity index is 211. The van der Waals surface area contributed by atoms with E-state index in [9.17, 15) is 13.6 Å². The number of hydrogen-bond donors (Lipinski definition) is 0. The Morgan fingerprint density at radius 1 is 1.27 bits per heavy atom. The van der Waals surface area contributed by atoms with Crippen LogP contribution in [-0.4, -0.2) is 43.8 Å². The van der Waals surface area contributed by atoms with E-state index >= 15 is 0 Å². The van der Waals surface area contributed by atoms with Crippen LogP contribution in [0.25, 0.3) is 0 Å². The lowest BCUT2D eigenvalue weighted by atomic mass is 10.1. The van der Waals surface area contributed by atoms with Crippen molar-refractivity contribution in [1.82, 2.24) is 0 Å². The molecule has 0 aliphatic rings. The van der Waals surface area contributed by atoms with Gasteiger partial charge in [0.05, 0.1) is 13.2 Å². The number of hydrogen-bond acceptors (Lipinski definition) is 4. The largest absolute Gasteiger partial charge is 0.449 e. The molecular weight excluding hydrogens is 278 g/mol. The Kier molecular flexibility index (Phi) is 5.61. The minimum Gasteiger partial charge on any atom is -0.449 e. The lowest BCUT2D eigenvalue weighted by molar-refractivity contribution is -0.184. The summed E-state index contributed by atoms with van der Waals surface area (Å²) in [6, 6.07) is 0. The summed E-state index contributed by atoms with van der Waals surface area (Å²) in [5.74, 6) is -1.67. The topological polar surface area (TPSA) is 44.8 Å². The fraction of sp³-hybridized carbons (Fsp3) is 0.875. The smallest absolute Gasteiger partial charge is 0.396 e. The summed E-state index contributed by atoms with van der Waals surface area (Å²) in [7, 11) is 2.74. The number of methoxy groups -OCH3 is 2. The van der Waals surface area contributed by atoms with Crippen LogP contribution in [0, 0.1) is 0 Å². The minimum absolute atomic E-state index is 0.0321. The second-order valence-electron chi connectivity index (χ2n) is 3.20. The maximum Gasteiger partial charge on any atom is 0.396 e. The van der Waals surface area contributed by atoms with Crippen molar-refractivity contribution in [2.24, 2.45) is 0 Å². The summed E-state index contributed by atoms with van der Waals surface area (Å²) in [5.41, 5.74) is -1.22. The number of esters is 1. The van der Waals surface area contributed by atoms with Crippen LogP contribution in [0.2, 0.25) is 0 Å². The summed E-state index contributed by atoms with van der Waals surface area (Å²) in [6.07, 6.45) is 0. The summed E-state index contributed by atoms with van der Waals surface area (Å²) in [5, 5.41) is 0. The van der Waals surface area contributed by atoms with Crippen molar-refractivity contribution in [2.75, 3.05) is 27.4 Å². The van der Waals surface area contributed by atoms with E-state index in [0.29, 0.717) is 0 Å². The van der Waals surface area contributed by atoms with Crippen LogP contribution in [0.15, 0.2) is 0 Å². The average Bonchev–Trinajstić information content (AvgIpc) is 2.02. The third-order valence-electron chi connectivity index (χ3n) is 1.47. The van der Waals surface area contributed by atoms with Crippen LogP contribution in [0.5, 0.6) is 0 Å². The molecule has 0 aromatic rings. The molecule has 0 fully saturated rings. The van der Waals surface area contributed by atoms with Crippen molar-refractivity contribution >= 4 is 21.9 Å². The van der Waals surface area contributed by atoms with E-state index in [0.717, 1.165) is 0 Å². The van der Waals surface area contributed by atoms with Crippen molar-refractivity contribution < 1.29 is 27.8 Å². The molecule has 0 aliphatic heterocycles. The molecule has 0 saturated heterocycles. The second kappa shape index (κ2) is 5.72. The zero-order valence-electron chi connectivity index (χ0n) is 8.68. The second-order valence-corrected chi connectivity index (χ2v) is 4.20. The molecule has 0 N–H and O–H groups in total. The van der Waals surface area contributed by atoms with Crippen LogP contribution in [0.4, 0.5) is 8.78 Å². The highest BCUT2D eigenvalue weighted by atomic mass is 79.9. The first-order valence-corrected chi connectivity index (χ1v) is 4.82. The van der Waals surface area contributed by atoms with Gasteiger partial charge in [-0.05, 0) is 6.92 Å². The zero-order valence-corrected chi connectivity index (χ0v) is 10.3. The van der Waals surface area contributed by atoms with E-state index in [-0.39, 0.29) is 13.2 Å². The number of carbonyl (C=O) groups excluding carboxylic acids is 1. The highest BCUT2D eigenvalue weighted by Gasteiger charge is 2.42. The van der Waals surface area contributed by atoms with E-state index in [1.807, 2.05) is 15.9 Å². The number of halogens is 3. The molecule has 0 aliphatic carbocycles. The van der Waals surface area contributed by atoms with Gasteiger partial charge in [0, 0.05) is 30.1 Å². The monoisotopic (exact) mass is 290 g/mol. The van der Waals surface area contributed by atoms with Crippen LogP contribution < -0.4 is 0 Å². The Hall–Kier alpha value is -0.270. The molecule has 0 spiro atoms. The van der Waals surface area contributed by atoms with Crippen molar-refractivity contribution in [3.8, 4) is 0 Å². The highest BCUT2D eigenvalue weighted by molar-refractivity contribution is 9.10. The molecule has 0 atom stereocenters. The molecule has 0 unspecified atom stereocenters. The Morgan fingerprint density at radius 2 is 1.67 bits per heavy atom. The molecule has 0 rings (SSSR count). The van der Waals surface area contributed by atoms with E-state index < -0.39 is 16.4 Å². The SMILES string of the molecule is COCC(C)(COC)OC(=O)C(F)(F)Br. The van der Waals surface area contributed by atoms with Gasteiger partial charge < -0.3 is 14.2 Å². The molecule has 0 heterocycles. The lowest BCUT2D eigenvalue weighted by Crippen LogP contribution is -2.44. The van der Waals surface area contributed by atoms with Gasteiger partial charge in [0.25, 0.3) is 0 Å². The number of carbonyl (C=O) groups is 1. The summed E-state index contributed by atoms with van der Waals surface area (Å²) < 4.78 is 39.1. The first kappa shape index (κ1) is 14.7. The van der Waals surface area contributed by atoms with Crippen molar-refractivity contribution in [2.45, 2.75) is 17.4 Å². The third kappa shape index (κ3) is 5.39. The van der Waals surface area contributed by atoms with Gasteiger partial charge in [-0.15, -0.1) is 0 Å². The lowest BCUT2D eigenvalue weighted by Gasteiger charge is -2.28. The van der Waals surface area contributed by atoms with Gasteiger partial charge in [-0.3, -0.25) is 0 Å². The van der Waals surface area contributed by atoms with E-state index in [2.05, 4.69) is 4.74 Å². The van der Waals surface area contributed by atoms with Gasteiger partial charge in [0.2, 0.25) is 0 Å². The Balaban J connectivity index is 4.47. The molecule has 0 radical (unpaired) electrons. The van der Waals surface area contributed by atoms with Gasteiger partial charge in [-0.2, -0.15) is 8.78 Å². The summed E-state index contributed by atoms with van der Waals surface area (Å²) in [4.78, 5) is 7.20. The molecule has 90 valence electrons. The minimum atomic E-state index is -3.70. The maximum atomic E-state index is 12.5. The molecule has 0 bridgehead atoms. The number of rotatable bonds is 6. The maximum absolute atomic E-state index is 12.5.